The van der Waals surface area contributed by atoms with Crippen molar-refractivity contribution in [1.82, 2.24) is 0 Å². The van der Waals surface area contributed by atoms with Crippen molar-refractivity contribution in [3.05, 3.63) is 10.1 Å². The van der Waals surface area contributed by atoms with Crippen LogP contribution in [-0.2, 0) is 9.53 Å². The quantitative estimate of drug-likeness (QED) is 0.538. The van der Waals surface area contributed by atoms with Crippen LogP contribution >= 0.6 is 47.8 Å². The summed E-state index contributed by atoms with van der Waals surface area (Å²) in [6.07, 6.45) is 3.03. The lowest BCUT2D eigenvalue weighted by molar-refractivity contribution is -0.139. The van der Waals surface area contributed by atoms with Crippen LogP contribution in [0.2, 0.25) is 0 Å². The van der Waals surface area contributed by atoms with Crippen molar-refractivity contribution < 1.29 is 9.53 Å². The smallest absolute Gasteiger partial charge is 0.347 e. The van der Waals surface area contributed by atoms with Crippen molar-refractivity contribution in [1.29, 1.82) is 0 Å². The van der Waals surface area contributed by atoms with Crippen molar-refractivity contribution in [3.8, 4) is 0 Å². The molecule has 14 heavy (non-hydrogen) atoms. The molecule has 1 aliphatic heterocycles. The molecule has 1 aliphatic rings. The van der Waals surface area contributed by atoms with Crippen LogP contribution in [0.4, 0.5) is 0 Å². The van der Waals surface area contributed by atoms with Gasteiger partial charge in [-0.2, -0.15) is 0 Å². The van der Waals surface area contributed by atoms with Crippen LogP contribution in [0, 0.1) is 0 Å². The van der Waals surface area contributed by atoms with Crippen LogP contribution in [0.1, 0.15) is 26.2 Å². The molecule has 0 saturated heterocycles. The number of cyclic esters (lactones) is 1. The highest BCUT2D eigenvalue weighted by Crippen LogP contribution is 2.43. The minimum absolute atomic E-state index is 0.285. The van der Waals surface area contributed by atoms with E-state index in [0.717, 1.165) is 24.8 Å². The van der Waals surface area contributed by atoms with E-state index in [9.17, 15) is 4.79 Å². The minimum Gasteiger partial charge on any atom is -0.438 e. The van der Waals surface area contributed by atoms with Gasteiger partial charge in [-0.1, -0.05) is 29.3 Å². The molecular weight excluding hydrogens is 380 g/mol. The summed E-state index contributed by atoms with van der Waals surface area (Å²) in [6, 6.07) is 0. The number of hydrogen-bond acceptors (Lipinski definition) is 2. The zero-order valence-corrected chi connectivity index (χ0v) is 12.5. The number of carbonyl (C=O) groups is 1. The molecule has 0 aromatic rings. The Hall–Kier alpha value is 0.650. The van der Waals surface area contributed by atoms with E-state index >= 15 is 0 Å². The molecule has 0 fully saturated rings. The second-order valence-corrected chi connectivity index (χ2v) is 5.78. The van der Waals surface area contributed by atoms with E-state index in [1.165, 1.54) is 0 Å². The van der Waals surface area contributed by atoms with E-state index in [-0.39, 0.29) is 5.97 Å². The van der Waals surface area contributed by atoms with E-state index in [1.54, 1.807) is 0 Å². The van der Waals surface area contributed by atoms with Gasteiger partial charge in [-0.25, -0.2) is 4.79 Å². The average Bonchev–Trinajstić information content (AvgIpc) is 2.37. The highest BCUT2D eigenvalue weighted by molar-refractivity contribution is 9.13. The first kappa shape index (κ1) is 12.7. The molecule has 1 rings (SSSR count). The van der Waals surface area contributed by atoms with Gasteiger partial charge in [0.25, 0.3) is 0 Å². The number of unbranched alkanes of at least 4 members (excludes halogenated alkanes) is 1. The number of esters is 1. The maximum Gasteiger partial charge on any atom is 0.347 e. The van der Waals surface area contributed by atoms with Gasteiger partial charge in [-0.05, 0) is 44.7 Å². The minimum atomic E-state index is -0.641. The van der Waals surface area contributed by atoms with Crippen LogP contribution in [0.25, 0.3) is 0 Å². The van der Waals surface area contributed by atoms with Crippen LogP contribution in [0.3, 0.4) is 0 Å². The van der Waals surface area contributed by atoms with Crippen molar-refractivity contribution in [2.45, 2.75) is 30.7 Å². The fourth-order valence-corrected chi connectivity index (χ4v) is 3.16. The lowest BCUT2D eigenvalue weighted by Crippen LogP contribution is -2.26. The Morgan fingerprint density at radius 2 is 2.14 bits per heavy atom. The van der Waals surface area contributed by atoms with Gasteiger partial charge in [0.1, 0.15) is 4.48 Å². The van der Waals surface area contributed by atoms with Gasteiger partial charge in [0.15, 0.2) is 4.51 Å². The van der Waals surface area contributed by atoms with Crippen LogP contribution in [0.5, 0.6) is 0 Å². The SMILES string of the molecule is CCCCC1=C(Br)C(=O)OC1(Br)CBr. The third-order valence-corrected chi connectivity index (χ3v) is 5.37. The first-order valence-electron chi connectivity index (χ1n) is 4.42. The Balaban J connectivity index is 2.88. The molecule has 1 unspecified atom stereocenters. The third kappa shape index (κ3) is 2.42. The fraction of sp³-hybridized carbons (Fsp3) is 0.667. The summed E-state index contributed by atoms with van der Waals surface area (Å²) in [5.41, 5.74) is 1.00. The zero-order chi connectivity index (χ0) is 10.8. The standard InChI is InChI=1S/C9H11Br3O2/c1-2-3-4-6-7(11)8(13)14-9(6,12)5-10/h2-5H2,1H3. The van der Waals surface area contributed by atoms with Gasteiger partial charge >= 0.3 is 5.97 Å². The van der Waals surface area contributed by atoms with E-state index in [4.69, 9.17) is 4.74 Å². The summed E-state index contributed by atoms with van der Waals surface area (Å²) in [5, 5.41) is 0.569. The van der Waals surface area contributed by atoms with Gasteiger partial charge in [0, 0.05) is 5.57 Å². The molecule has 1 atom stereocenters. The molecule has 0 bridgehead atoms. The van der Waals surface area contributed by atoms with Crippen LogP contribution in [0.15, 0.2) is 10.1 Å². The second-order valence-electron chi connectivity index (χ2n) is 3.15. The third-order valence-electron chi connectivity index (χ3n) is 2.10. The normalized spacial score (nSPS) is 27.0. The molecule has 80 valence electrons. The molecule has 5 heteroatoms. The van der Waals surface area contributed by atoms with E-state index in [0.29, 0.717) is 9.81 Å². The van der Waals surface area contributed by atoms with E-state index in [2.05, 4.69) is 54.7 Å². The zero-order valence-electron chi connectivity index (χ0n) is 7.78. The van der Waals surface area contributed by atoms with Gasteiger partial charge < -0.3 is 4.74 Å². The monoisotopic (exact) mass is 388 g/mol. The number of ether oxygens (including phenoxy) is 1. The molecule has 1 heterocycles. The van der Waals surface area contributed by atoms with Crippen molar-refractivity contribution in [2.24, 2.45) is 0 Å². The van der Waals surface area contributed by atoms with Gasteiger partial charge in [-0.3, -0.25) is 0 Å². The van der Waals surface area contributed by atoms with Crippen molar-refractivity contribution >= 4 is 53.8 Å². The second kappa shape index (κ2) is 5.12. The summed E-state index contributed by atoms with van der Waals surface area (Å²) < 4.78 is 5.16. The van der Waals surface area contributed by atoms with Gasteiger partial charge in [-0.15, -0.1) is 0 Å². The Kier molecular flexibility index (Phi) is 4.65. The summed E-state index contributed by atoms with van der Waals surface area (Å²) in [5.74, 6) is -0.285. The van der Waals surface area contributed by atoms with E-state index < -0.39 is 4.51 Å². The Morgan fingerprint density at radius 1 is 1.50 bits per heavy atom. The van der Waals surface area contributed by atoms with Crippen LogP contribution in [-0.4, -0.2) is 15.8 Å². The molecule has 0 aliphatic carbocycles. The summed E-state index contributed by atoms with van der Waals surface area (Å²) in [6.45, 7) is 2.12. The first-order chi connectivity index (χ1) is 6.55. The Morgan fingerprint density at radius 3 is 2.64 bits per heavy atom. The predicted octanol–water partition coefficient (Wildman–Crippen LogP) is 3.87. The van der Waals surface area contributed by atoms with Crippen LogP contribution < -0.4 is 0 Å². The molecule has 0 amide bonds. The maximum atomic E-state index is 11.3. The Labute approximate surface area is 109 Å². The molecule has 0 N–H and O–H groups in total. The molecule has 0 aromatic carbocycles. The number of carbonyl (C=O) groups excluding carboxylic acids is 1. The topological polar surface area (TPSA) is 26.3 Å². The van der Waals surface area contributed by atoms with E-state index in [1.807, 2.05) is 0 Å². The number of halogens is 3. The van der Waals surface area contributed by atoms with Gasteiger partial charge in [0.2, 0.25) is 0 Å². The summed E-state index contributed by atoms with van der Waals surface area (Å²) >= 11 is 10.1. The maximum absolute atomic E-state index is 11.3. The highest BCUT2D eigenvalue weighted by Gasteiger charge is 2.43. The number of hydrogen-bond donors (Lipinski definition) is 0. The summed E-state index contributed by atoms with van der Waals surface area (Å²) in [7, 11) is 0. The first-order valence-corrected chi connectivity index (χ1v) is 7.13. The average molecular weight is 391 g/mol. The van der Waals surface area contributed by atoms with Crippen molar-refractivity contribution in [3.63, 3.8) is 0 Å². The lowest BCUT2D eigenvalue weighted by atomic mass is 10.1. The summed E-state index contributed by atoms with van der Waals surface area (Å²) in [4.78, 5) is 11.3. The molecular formula is C9H11Br3O2. The molecule has 0 spiro atoms. The van der Waals surface area contributed by atoms with Crippen molar-refractivity contribution in [2.75, 3.05) is 5.33 Å². The predicted molar refractivity (Wildman–Crippen MR) is 67.0 cm³/mol. The molecule has 2 nitrogen and oxygen atoms in total. The molecule has 0 aromatic heterocycles. The molecule has 0 radical (unpaired) electrons. The number of alkyl halides is 2. The Bertz CT molecular complexity index is 275. The highest BCUT2D eigenvalue weighted by atomic mass is 79.9. The fourth-order valence-electron chi connectivity index (χ4n) is 1.30. The lowest BCUT2D eigenvalue weighted by Gasteiger charge is -2.21. The number of rotatable bonds is 4. The van der Waals surface area contributed by atoms with Gasteiger partial charge in [0.05, 0.1) is 5.33 Å². The largest absolute Gasteiger partial charge is 0.438 e. The molecule has 0 saturated carbocycles.